The number of methoxy groups -OCH3 is 2. The summed E-state index contributed by atoms with van der Waals surface area (Å²) in [6.45, 7) is 28.1. The third kappa shape index (κ3) is 27.3. The van der Waals surface area contributed by atoms with E-state index in [1.54, 1.807) is 72.7 Å². The number of hydrogen-bond acceptors (Lipinski definition) is 13. The first-order valence-electron chi connectivity index (χ1n) is 38.7. The highest BCUT2D eigenvalue weighted by Gasteiger charge is 2.07. The van der Waals surface area contributed by atoms with E-state index in [-0.39, 0.29) is 17.5 Å². The summed E-state index contributed by atoms with van der Waals surface area (Å²) in [4.78, 5) is 16.9. The largest absolute Gasteiger partial charge is 0.496 e. The quantitative estimate of drug-likeness (QED) is 0.167. The summed E-state index contributed by atoms with van der Waals surface area (Å²) in [5.41, 5.74) is 20.0. The number of ether oxygens (including phenoxy) is 2. The van der Waals surface area contributed by atoms with E-state index in [0.29, 0.717) is 0 Å². The van der Waals surface area contributed by atoms with Gasteiger partial charge in [-0.1, -0.05) is 163 Å². The van der Waals surface area contributed by atoms with Gasteiger partial charge in [0, 0.05) is 59.7 Å². The van der Waals surface area contributed by atoms with Crippen LogP contribution in [0.15, 0.2) is 294 Å². The lowest BCUT2D eigenvalue weighted by atomic mass is 10.1. The fraction of sp³-hybridized carbons (Fsp3) is 0.178. The van der Waals surface area contributed by atoms with Gasteiger partial charge in [0.15, 0.2) is 11.5 Å². The number of rotatable bonds is 2. The molecule has 12 aromatic carbocycles. The van der Waals surface area contributed by atoms with Crippen molar-refractivity contribution in [3.05, 3.63) is 384 Å². The van der Waals surface area contributed by atoms with E-state index in [4.69, 9.17) is 29.9 Å². The standard InChI is InChI=1S/C10H11N.C9H10N2.C9H8O.C9H8S.C8H6ClNS.C8H6FNS.C8H9FO.C8H9F.C8H7NO.C8H7NS.C8H10O.C8H10/c1-8-7-11(2)10-6-4-3-5-9(8)10;1-7-8-5-3-4-6-9(8)11(2)10-7;2*1-7-6-10-9-5-3-2-4-8(7)9;1-5-10-8-6(9)3-2-4-7(8)11-5;1-5-10-7-4-6(9)2-3-8(7)11-5;1-6-5-7(9)3-4-8(6)10-2;1-6-3-4-8(9)5-7(6)2;2*1-6-9-7-4-2-3-5-8(7)10-6;1-7-5-3-4-6-8(7)9-2;1-7-5-3-4-6-8(7)2/h3-7H,1-2H3;3-6H,1-2H3;2*2-6H,1H3;2*2-4H,1H3;3-5H,1-2H3;3-5H,1-2H3;2*2-5H,1H3;3-6H,1-2H3;3-6H,1-2H3. The van der Waals surface area contributed by atoms with Gasteiger partial charge in [0.05, 0.1) is 76.9 Å². The summed E-state index contributed by atoms with van der Waals surface area (Å²) in [5.74, 6) is 1.80. The molecule has 616 valence electrons. The molecule has 0 spiro atoms. The van der Waals surface area contributed by atoms with Crippen LogP contribution in [0.3, 0.4) is 0 Å². The normalized spacial score (nSPS) is 10.2. The summed E-state index contributed by atoms with van der Waals surface area (Å²) in [5, 5.41) is 15.6. The van der Waals surface area contributed by atoms with Crippen LogP contribution in [0, 0.1) is 114 Å². The second-order valence-corrected chi connectivity index (χ2v) is 33.0. The van der Waals surface area contributed by atoms with Crippen molar-refractivity contribution in [2.24, 2.45) is 14.1 Å². The maximum atomic E-state index is 12.6. The first-order valence-corrected chi connectivity index (χ1v) is 42.5. The van der Waals surface area contributed by atoms with E-state index in [9.17, 15) is 13.2 Å². The SMILES string of the molecule is COc1ccc(F)cc1C.COc1ccccc1C.Cc1ccc(F)cc1C.Cc1ccccc1C.Cc1cn(C)c2ccccc12.Cc1coc2ccccc12.Cc1csc2ccccc12.Cc1nc2c(Cl)cccc2s1.Cc1nc2cc(F)ccc2s1.Cc1nc2ccccc2o1.Cc1nc2ccccc2s1.Cc1nn(C)c2ccccc12. The van der Waals surface area contributed by atoms with Crippen molar-refractivity contribution in [1.29, 1.82) is 0 Å². The smallest absolute Gasteiger partial charge is 0.192 e. The topological polar surface area (TPSA) is 119 Å². The minimum atomic E-state index is -0.224. The molecule has 0 N–H and O–H groups in total. The first-order chi connectivity index (χ1) is 57.7. The Morgan fingerprint density at radius 1 is 0.358 bits per heavy atom. The number of aromatic nitrogens is 7. The van der Waals surface area contributed by atoms with Crippen molar-refractivity contribution < 1.29 is 31.5 Å². The summed E-state index contributed by atoms with van der Waals surface area (Å²) in [6.07, 6.45) is 3.94. The molecular formula is C101H101ClF3N7O4S4. The molecular weight excluding hydrogens is 1600 g/mol. The minimum absolute atomic E-state index is 0.155. The van der Waals surface area contributed by atoms with Crippen molar-refractivity contribution in [3.8, 4) is 11.5 Å². The maximum absolute atomic E-state index is 12.6. The van der Waals surface area contributed by atoms with Crippen LogP contribution in [-0.4, -0.2) is 48.5 Å². The molecule has 8 heterocycles. The minimum Gasteiger partial charge on any atom is -0.496 e. The summed E-state index contributed by atoms with van der Waals surface area (Å²) >= 11 is 12.7. The van der Waals surface area contributed by atoms with Crippen LogP contribution in [-0.2, 0) is 14.1 Å². The second-order valence-electron chi connectivity index (χ2n) is 28.0. The number of benzene rings is 12. The van der Waals surface area contributed by atoms with Gasteiger partial charge in [-0.25, -0.2) is 33.1 Å². The predicted molar refractivity (Wildman–Crippen MR) is 505 cm³/mol. The van der Waals surface area contributed by atoms with E-state index < -0.39 is 0 Å². The van der Waals surface area contributed by atoms with Gasteiger partial charge in [-0.15, -0.1) is 45.3 Å². The van der Waals surface area contributed by atoms with Gasteiger partial charge in [-0.05, 0) is 260 Å². The van der Waals surface area contributed by atoms with Crippen LogP contribution in [0.5, 0.6) is 11.5 Å². The number of furan rings is 1. The number of fused-ring (bicyclic) bond motifs is 8. The van der Waals surface area contributed by atoms with Crippen molar-refractivity contribution in [2.45, 2.75) is 96.9 Å². The fourth-order valence-corrected chi connectivity index (χ4v) is 15.9. The molecule has 0 amide bonds. The van der Waals surface area contributed by atoms with Gasteiger partial charge in [0.25, 0.3) is 0 Å². The average molecular weight is 1700 g/mol. The van der Waals surface area contributed by atoms with Crippen molar-refractivity contribution >= 4 is 142 Å². The number of oxazole rings is 1. The fourth-order valence-electron chi connectivity index (χ4n) is 12.2. The summed E-state index contributed by atoms with van der Waals surface area (Å²) in [6, 6.07) is 85.2. The molecule has 0 unspecified atom stereocenters. The zero-order valence-corrected chi connectivity index (χ0v) is 75.1. The third-order valence-electron chi connectivity index (χ3n) is 18.7. The second kappa shape index (κ2) is 45.8. The lowest BCUT2D eigenvalue weighted by Gasteiger charge is -2.01. The van der Waals surface area contributed by atoms with Crippen molar-refractivity contribution in [3.63, 3.8) is 0 Å². The Morgan fingerprint density at radius 2 is 0.842 bits per heavy atom. The van der Waals surface area contributed by atoms with Crippen LogP contribution in [0.25, 0.3) is 84.6 Å². The molecule has 0 bridgehead atoms. The van der Waals surface area contributed by atoms with Gasteiger partial charge in [0.2, 0.25) is 0 Å². The van der Waals surface area contributed by atoms with E-state index >= 15 is 0 Å². The van der Waals surface area contributed by atoms with E-state index in [1.807, 2.05) is 208 Å². The summed E-state index contributed by atoms with van der Waals surface area (Å²) in [7, 11) is 7.30. The lowest BCUT2D eigenvalue weighted by molar-refractivity contribution is 0.410. The monoisotopic (exact) mass is 1700 g/mol. The first kappa shape index (κ1) is 91.9. The van der Waals surface area contributed by atoms with Gasteiger partial charge in [-0.3, -0.25) is 4.68 Å². The Balaban J connectivity index is 0.000000149. The Morgan fingerprint density at radius 3 is 1.42 bits per heavy atom. The highest BCUT2D eigenvalue weighted by atomic mass is 35.5. The third-order valence-corrected chi connectivity index (χ3v) is 22.9. The highest BCUT2D eigenvalue weighted by Crippen LogP contribution is 2.29. The van der Waals surface area contributed by atoms with Gasteiger partial charge in [-0.2, -0.15) is 5.10 Å². The van der Waals surface area contributed by atoms with Crippen LogP contribution in [0.1, 0.15) is 76.7 Å². The molecule has 0 saturated heterocycles. The predicted octanol–water partition coefficient (Wildman–Crippen LogP) is 30.0. The highest BCUT2D eigenvalue weighted by molar-refractivity contribution is 7.19. The van der Waals surface area contributed by atoms with Gasteiger partial charge < -0.3 is 22.9 Å². The number of aryl methyl sites for hydroxylation is 16. The molecule has 0 aliphatic rings. The molecule has 20 rings (SSSR count). The Hall–Kier alpha value is -12.0. The molecule has 20 aromatic rings. The van der Waals surface area contributed by atoms with E-state index in [0.717, 1.165) is 102 Å². The molecule has 0 aliphatic heterocycles. The van der Waals surface area contributed by atoms with Crippen LogP contribution in [0.4, 0.5) is 13.2 Å². The number of hydrogen-bond donors (Lipinski definition) is 0. The van der Waals surface area contributed by atoms with Crippen LogP contribution in [0.2, 0.25) is 5.02 Å². The molecule has 120 heavy (non-hydrogen) atoms. The summed E-state index contributed by atoms with van der Waals surface area (Å²) < 4.78 is 66.8. The van der Waals surface area contributed by atoms with Crippen molar-refractivity contribution in [2.75, 3.05) is 14.2 Å². The average Bonchev–Trinajstić information content (AvgIpc) is 1.70. The molecule has 11 nitrogen and oxygen atoms in total. The van der Waals surface area contributed by atoms with Gasteiger partial charge in [0.1, 0.15) is 45.6 Å². The Labute approximate surface area is 722 Å². The molecule has 19 heteroatoms. The number of para-hydroxylation sites is 8. The van der Waals surface area contributed by atoms with E-state index in [2.05, 4.69) is 173 Å². The van der Waals surface area contributed by atoms with Crippen LogP contribution >= 0.6 is 56.9 Å². The number of thiazole rings is 3. The molecule has 0 atom stereocenters. The number of nitrogens with zero attached hydrogens (tertiary/aromatic N) is 7. The lowest BCUT2D eigenvalue weighted by Crippen LogP contribution is -1.88. The molecule has 0 saturated carbocycles. The Kier molecular flexibility index (Phi) is 35.1. The maximum Gasteiger partial charge on any atom is 0.192 e. The van der Waals surface area contributed by atoms with E-state index in [1.165, 1.54) is 112 Å². The van der Waals surface area contributed by atoms with Gasteiger partial charge >= 0.3 is 0 Å². The zero-order chi connectivity index (χ0) is 86.4. The molecule has 0 aliphatic carbocycles. The number of thiophene rings is 1. The zero-order valence-electron chi connectivity index (χ0n) is 71.0. The Bertz CT molecular complexity index is 6210. The molecule has 8 aromatic heterocycles. The molecule has 0 fully saturated rings. The molecule has 0 radical (unpaired) electrons. The van der Waals surface area contributed by atoms with Crippen LogP contribution < -0.4 is 9.47 Å². The number of halogens is 4. The van der Waals surface area contributed by atoms with Crippen molar-refractivity contribution in [1.82, 2.24) is 34.3 Å².